The van der Waals surface area contributed by atoms with Crippen molar-refractivity contribution < 1.29 is 9.59 Å². The van der Waals surface area contributed by atoms with Gasteiger partial charge in [-0.05, 0) is 37.0 Å². The van der Waals surface area contributed by atoms with Crippen LogP contribution >= 0.6 is 0 Å². The Labute approximate surface area is 179 Å². The van der Waals surface area contributed by atoms with Gasteiger partial charge in [0, 0.05) is 51.4 Å². The number of amides is 2. The maximum atomic E-state index is 13.2. The van der Waals surface area contributed by atoms with Crippen molar-refractivity contribution >= 4 is 17.5 Å². The molecule has 0 radical (unpaired) electrons. The first-order chi connectivity index (χ1) is 14.6. The van der Waals surface area contributed by atoms with Crippen molar-refractivity contribution in [1.29, 1.82) is 0 Å². The molecule has 0 saturated carbocycles. The molecule has 0 aliphatic carbocycles. The van der Waals surface area contributed by atoms with E-state index in [0.29, 0.717) is 25.9 Å². The van der Waals surface area contributed by atoms with Gasteiger partial charge >= 0.3 is 0 Å². The van der Waals surface area contributed by atoms with Crippen molar-refractivity contribution in [2.75, 3.05) is 44.2 Å². The van der Waals surface area contributed by atoms with E-state index in [1.165, 1.54) is 16.8 Å². The first kappa shape index (κ1) is 20.5. The predicted octanol–water partition coefficient (Wildman–Crippen LogP) is 3.12. The van der Waals surface area contributed by atoms with Gasteiger partial charge in [-0.2, -0.15) is 0 Å². The zero-order chi connectivity index (χ0) is 20.9. The van der Waals surface area contributed by atoms with Crippen LogP contribution in [0.1, 0.15) is 24.0 Å². The van der Waals surface area contributed by atoms with Gasteiger partial charge in [-0.15, -0.1) is 0 Å². The number of para-hydroxylation sites is 1. The number of rotatable bonds is 5. The van der Waals surface area contributed by atoms with Crippen molar-refractivity contribution in [3.05, 3.63) is 65.7 Å². The molecule has 2 saturated heterocycles. The topological polar surface area (TPSA) is 43.9 Å². The third-order valence-corrected chi connectivity index (χ3v) is 6.41. The second kappa shape index (κ2) is 9.33. The second-order valence-electron chi connectivity index (χ2n) is 8.41. The van der Waals surface area contributed by atoms with E-state index in [4.69, 9.17) is 0 Å². The molecule has 30 heavy (non-hydrogen) atoms. The lowest BCUT2D eigenvalue weighted by Gasteiger charge is -2.40. The molecule has 2 fully saturated rings. The van der Waals surface area contributed by atoms with Crippen LogP contribution < -0.4 is 4.90 Å². The maximum absolute atomic E-state index is 13.2. The first-order valence-electron chi connectivity index (χ1n) is 11.0. The number of hydrogen-bond acceptors (Lipinski definition) is 3. The second-order valence-corrected chi connectivity index (χ2v) is 8.41. The highest BCUT2D eigenvalue weighted by atomic mass is 16.2. The third-order valence-electron chi connectivity index (χ3n) is 6.41. The van der Waals surface area contributed by atoms with E-state index in [2.05, 4.69) is 48.2 Å². The summed E-state index contributed by atoms with van der Waals surface area (Å²) in [6, 6.07) is 18.7. The summed E-state index contributed by atoms with van der Waals surface area (Å²) in [5.41, 5.74) is 3.77. The molecular weight excluding hydrogens is 374 g/mol. The molecule has 2 aliphatic rings. The van der Waals surface area contributed by atoms with Gasteiger partial charge in [-0.1, -0.05) is 48.5 Å². The minimum absolute atomic E-state index is 0.0662. The number of anilines is 1. The number of nitrogens with zero attached hydrogens (tertiary/aromatic N) is 3. The Morgan fingerprint density at radius 3 is 2.40 bits per heavy atom. The van der Waals surface area contributed by atoms with Crippen molar-refractivity contribution in [3.8, 4) is 0 Å². The van der Waals surface area contributed by atoms with Crippen LogP contribution in [-0.4, -0.2) is 60.9 Å². The van der Waals surface area contributed by atoms with Gasteiger partial charge in [0.05, 0.1) is 5.92 Å². The van der Waals surface area contributed by atoms with Gasteiger partial charge in [0.2, 0.25) is 11.8 Å². The standard InChI is InChI=1S/C25H31N3O2/c1-20-7-5-6-10-23(20)26-15-17-27(18-16-26)25(30)22-11-12-24(29)28(19-22)14-13-21-8-3-2-4-9-21/h2-10,22H,11-19H2,1H3. The highest BCUT2D eigenvalue weighted by molar-refractivity contribution is 5.84. The van der Waals surface area contributed by atoms with E-state index >= 15 is 0 Å². The molecule has 2 aromatic carbocycles. The molecule has 0 bridgehead atoms. The van der Waals surface area contributed by atoms with Gasteiger partial charge in [-0.3, -0.25) is 9.59 Å². The minimum Gasteiger partial charge on any atom is -0.368 e. The van der Waals surface area contributed by atoms with Crippen molar-refractivity contribution in [1.82, 2.24) is 9.80 Å². The molecule has 2 aliphatic heterocycles. The number of carbonyl (C=O) groups is 2. The molecule has 1 unspecified atom stereocenters. The van der Waals surface area contributed by atoms with Crippen LogP contribution in [0.5, 0.6) is 0 Å². The summed E-state index contributed by atoms with van der Waals surface area (Å²) >= 11 is 0. The van der Waals surface area contributed by atoms with Crippen molar-refractivity contribution in [3.63, 3.8) is 0 Å². The fourth-order valence-electron chi connectivity index (χ4n) is 4.59. The average Bonchev–Trinajstić information content (AvgIpc) is 2.79. The smallest absolute Gasteiger partial charge is 0.227 e. The van der Waals surface area contributed by atoms with Crippen molar-refractivity contribution in [2.45, 2.75) is 26.2 Å². The summed E-state index contributed by atoms with van der Waals surface area (Å²) in [6.45, 7) is 6.61. The molecular formula is C25H31N3O2. The quantitative estimate of drug-likeness (QED) is 0.768. The van der Waals surface area contributed by atoms with Gasteiger partial charge in [-0.25, -0.2) is 0 Å². The van der Waals surface area contributed by atoms with E-state index < -0.39 is 0 Å². The Kier molecular flexibility index (Phi) is 6.36. The van der Waals surface area contributed by atoms with Crippen LogP contribution in [0, 0.1) is 12.8 Å². The highest BCUT2D eigenvalue weighted by Crippen LogP contribution is 2.24. The number of likely N-dealkylation sites (tertiary alicyclic amines) is 1. The zero-order valence-electron chi connectivity index (χ0n) is 17.8. The van der Waals surface area contributed by atoms with E-state index in [0.717, 1.165) is 32.6 Å². The number of benzene rings is 2. The summed E-state index contributed by atoms with van der Waals surface area (Å²) in [6.07, 6.45) is 1.99. The van der Waals surface area contributed by atoms with Gasteiger partial charge < -0.3 is 14.7 Å². The van der Waals surface area contributed by atoms with E-state index in [9.17, 15) is 9.59 Å². The molecule has 2 amide bonds. The summed E-state index contributed by atoms with van der Waals surface area (Å²) < 4.78 is 0. The Hall–Kier alpha value is -2.82. The lowest BCUT2D eigenvalue weighted by Crippen LogP contribution is -2.53. The Balaban J connectivity index is 1.31. The van der Waals surface area contributed by atoms with Crippen LogP contribution in [0.25, 0.3) is 0 Å². The SMILES string of the molecule is Cc1ccccc1N1CCN(C(=O)C2CCC(=O)N(CCc3ccccc3)C2)CC1. The minimum atomic E-state index is -0.0662. The fourth-order valence-corrected chi connectivity index (χ4v) is 4.59. The Morgan fingerprint density at radius 1 is 0.967 bits per heavy atom. The number of piperidine rings is 1. The molecule has 0 spiro atoms. The molecule has 5 nitrogen and oxygen atoms in total. The van der Waals surface area contributed by atoms with Gasteiger partial charge in [0.1, 0.15) is 0 Å². The molecule has 0 N–H and O–H groups in total. The number of hydrogen-bond donors (Lipinski definition) is 0. The molecule has 158 valence electrons. The van der Waals surface area contributed by atoms with Crippen LogP contribution in [-0.2, 0) is 16.0 Å². The maximum Gasteiger partial charge on any atom is 0.227 e. The summed E-state index contributed by atoms with van der Waals surface area (Å²) in [4.78, 5) is 31.8. The molecule has 2 heterocycles. The van der Waals surface area contributed by atoms with Gasteiger partial charge in [0.15, 0.2) is 0 Å². The number of aryl methyl sites for hydroxylation is 1. The Bertz CT molecular complexity index is 875. The number of piperazine rings is 1. The van der Waals surface area contributed by atoms with E-state index in [1.807, 2.05) is 28.0 Å². The molecule has 2 aromatic rings. The number of carbonyl (C=O) groups excluding carboxylic acids is 2. The Morgan fingerprint density at radius 2 is 1.67 bits per heavy atom. The van der Waals surface area contributed by atoms with Crippen LogP contribution in [0.2, 0.25) is 0 Å². The predicted molar refractivity (Wildman–Crippen MR) is 119 cm³/mol. The van der Waals surface area contributed by atoms with Crippen LogP contribution in [0.15, 0.2) is 54.6 Å². The summed E-state index contributed by atoms with van der Waals surface area (Å²) in [5.74, 6) is 0.333. The van der Waals surface area contributed by atoms with Crippen molar-refractivity contribution in [2.24, 2.45) is 5.92 Å². The molecule has 1 atom stereocenters. The zero-order valence-corrected chi connectivity index (χ0v) is 17.8. The highest BCUT2D eigenvalue weighted by Gasteiger charge is 2.33. The monoisotopic (exact) mass is 405 g/mol. The average molecular weight is 406 g/mol. The third kappa shape index (κ3) is 4.66. The lowest BCUT2D eigenvalue weighted by molar-refractivity contribution is -0.143. The van der Waals surface area contributed by atoms with Crippen LogP contribution in [0.4, 0.5) is 5.69 Å². The van der Waals surface area contributed by atoms with Gasteiger partial charge in [0.25, 0.3) is 0 Å². The van der Waals surface area contributed by atoms with Crippen LogP contribution in [0.3, 0.4) is 0 Å². The lowest BCUT2D eigenvalue weighted by atomic mass is 9.95. The van der Waals surface area contributed by atoms with E-state index in [-0.39, 0.29) is 17.7 Å². The molecule has 4 rings (SSSR count). The fraction of sp³-hybridized carbons (Fsp3) is 0.440. The normalized spacial score (nSPS) is 19.8. The summed E-state index contributed by atoms with van der Waals surface area (Å²) in [5, 5.41) is 0. The molecule has 0 aromatic heterocycles. The van der Waals surface area contributed by atoms with E-state index in [1.54, 1.807) is 0 Å². The largest absolute Gasteiger partial charge is 0.368 e. The first-order valence-corrected chi connectivity index (χ1v) is 11.0. The molecule has 5 heteroatoms. The summed E-state index contributed by atoms with van der Waals surface area (Å²) in [7, 11) is 0.